The molecule has 136 valence electrons. The van der Waals surface area contributed by atoms with Crippen LogP contribution < -0.4 is 5.01 Å². The summed E-state index contributed by atoms with van der Waals surface area (Å²) in [5.74, 6) is -0.352. The Hall–Kier alpha value is -2.60. The predicted molar refractivity (Wildman–Crippen MR) is 101 cm³/mol. The molecule has 26 heavy (non-hydrogen) atoms. The zero-order chi connectivity index (χ0) is 19.5. The highest BCUT2D eigenvalue weighted by Crippen LogP contribution is 2.26. The van der Waals surface area contributed by atoms with Gasteiger partial charge in [0.25, 0.3) is 0 Å². The number of carbonyl (C=O) groups excluding carboxylic acids is 2. The van der Waals surface area contributed by atoms with E-state index in [2.05, 4.69) is 10.1 Å². The highest BCUT2D eigenvalue weighted by Gasteiger charge is 2.18. The zero-order valence-corrected chi connectivity index (χ0v) is 15.7. The van der Waals surface area contributed by atoms with E-state index in [1.807, 2.05) is 26.8 Å². The van der Waals surface area contributed by atoms with Crippen LogP contribution in [-0.4, -0.2) is 23.9 Å². The van der Waals surface area contributed by atoms with Crippen LogP contribution in [0.5, 0.6) is 0 Å². The van der Waals surface area contributed by atoms with Crippen molar-refractivity contribution in [1.82, 2.24) is 4.98 Å². The van der Waals surface area contributed by atoms with Crippen molar-refractivity contribution in [2.24, 2.45) is 5.10 Å². The summed E-state index contributed by atoms with van der Waals surface area (Å²) in [6.45, 7) is 7.55. The van der Waals surface area contributed by atoms with Crippen LogP contribution in [0.3, 0.4) is 0 Å². The van der Waals surface area contributed by atoms with Gasteiger partial charge < -0.3 is 0 Å². The molecule has 7 heteroatoms. The molecule has 0 aliphatic rings. The topological polar surface area (TPSA) is 62.6 Å². The molecule has 0 atom stereocenters. The Bertz CT molecular complexity index is 876. The predicted octanol–water partition coefficient (Wildman–Crippen LogP) is 4.29. The van der Waals surface area contributed by atoms with Crippen LogP contribution >= 0.6 is 11.6 Å². The fourth-order valence-electron chi connectivity index (χ4n) is 2.25. The van der Waals surface area contributed by atoms with Crippen LogP contribution in [0.1, 0.15) is 47.8 Å². The number of rotatable bonds is 5. The third kappa shape index (κ3) is 4.14. The molecule has 2 rings (SSSR count). The lowest BCUT2D eigenvalue weighted by Gasteiger charge is -2.20. The van der Waals surface area contributed by atoms with Crippen LogP contribution in [0.15, 0.2) is 29.5 Å². The van der Waals surface area contributed by atoms with Gasteiger partial charge in [0, 0.05) is 11.8 Å². The smallest absolute Gasteiger partial charge is 0.236 e. The first-order chi connectivity index (χ1) is 12.2. The lowest BCUT2D eigenvalue weighted by molar-refractivity contribution is -0.107. The number of nitrogens with zero attached hydrogens (tertiary/aromatic N) is 3. The third-order valence-electron chi connectivity index (χ3n) is 3.92. The number of pyridine rings is 1. The second-order valence-electron chi connectivity index (χ2n) is 6.76. The summed E-state index contributed by atoms with van der Waals surface area (Å²) < 4.78 is 14.3. The molecule has 0 aliphatic heterocycles. The number of amides is 1. The van der Waals surface area contributed by atoms with E-state index in [9.17, 15) is 14.0 Å². The Morgan fingerprint density at radius 3 is 2.54 bits per heavy atom. The lowest BCUT2D eigenvalue weighted by Crippen LogP contribution is -2.18. The average Bonchev–Trinajstić information content (AvgIpc) is 2.58. The van der Waals surface area contributed by atoms with Gasteiger partial charge in [-0.2, -0.15) is 10.1 Å². The molecule has 0 saturated heterocycles. The van der Waals surface area contributed by atoms with E-state index in [-0.39, 0.29) is 27.6 Å². The molecular weight excluding hydrogens is 357 g/mol. The summed E-state index contributed by atoms with van der Waals surface area (Å²) in [7, 11) is 0. The van der Waals surface area contributed by atoms with Gasteiger partial charge in [0.2, 0.25) is 6.41 Å². The number of benzene rings is 1. The summed E-state index contributed by atoms with van der Waals surface area (Å²) >= 11 is 5.95. The highest BCUT2D eigenvalue weighted by molar-refractivity contribution is 6.33. The van der Waals surface area contributed by atoms with E-state index in [1.54, 1.807) is 6.92 Å². The summed E-state index contributed by atoms with van der Waals surface area (Å²) in [4.78, 5) is 26.6. The van der Waals surface area contributed by atoms with Crippen molar-refractivity contribution in [3.63, 3.8) is 0 Å². The summed E-state index contributed by atoms with van der Waals surface area (Å²) in [6.07, 6.45) is 3.63. The van der Waals surface area contributed by atoms with Gasteiger partial charge in [0.05, 0.1) is 16.8 Å². The van der Waals surface area contributed by atoms with Crippen molar-refractivity contribution in [2.45, 2.75) is 33.1 Å². The average molecular weight is 376 g/mol. The van der Waals surface area contributed by atoms with Gasteiger partial charge in [0.15, 0.2) is 12.1 Å². The normalized spacial score (nSPS) is 11.6. The second-order valence-corrected chi connectivity index (χ2v) is 7.17. The van der Waals surface area contributed by atoms with E-state index < -0.39 is 0 Å². The standard InChI is InChI=1S/C19H19ClFN3O2/c1-12-13(7-14(8-17(12)21)19(2,3)4)9-23-24(11-26)18-15(10-25)16(20)5-6-22-18/h5-11H,1-4H3/b23-9-. The van der Waals surface area contributed by atoms with E-state index in [0.717, 1.165) is 10.6 Å². The molecule has 1 aromatic carbocycles. The first-order valence-electron chi connectivity index (χ1n) is 7.88. The van der Waals surface area contributed by atoms with Gasteiger partial charge in [-0.05, 0) is 41.7 Å². The Kier molecular flexibility index (Phi) is 5.87. The number of halogens is 2. The Morgan fingerprint density at radius 1 is 1.27 bits per heavy atom. The van der Waals surface area contributed by atoms with E-state index in [0.29, 0.717) is 23.8 Å². The van der Waals surface area contributed by atoms with Crippen molar-refractivity contribution < 1.29 is 14.0 Å². The van der Waals surface area contributed by atoms with Crippen molar-refractivity contribution in [1.29, 1.82) is 0 Å². The van der Waals surface area contributed by atoms with Gasteiger partial charge >= 0.3 is 0 Å². The fraction of sp³-hybridized carbons (Fsp3) is 0.263. The van der Waals surface area contributed by atoms with Gasteiger partial charge in [-0.3, -0.25) is 9.59 Å². The molecule has 0 bridgehead atoms. The molecule has 0 saturated carbocycles. The van der Waals surface area contributed by atoms with Crippen molar-refractivity contribution in [3.8, 4) is 0 Å². The Morgan fingerprint density at radius 2 is 1.96 bits per heavy atom. The van der Waals surface area contributed by atoms with Crippen LogP contribution in [0, 0.1) is 12.7 Å². The number of hydrazone groups is 1. The molecular formula is C19H19ClFN3O2. The van der Waals surface area contributed by atoms with Crippen molar-refractivity contribution in [2.75, 3.05) is 5.01 Å². The van der Waals surface area contributed by atoms with E-state index >= 15 is 0 Å². The molecule has 2 aromatic rings. The minimum atomic E-state index is -0.356. The largest absolute Gasteiger partial charge is 0.298 e. The SMILES string of the molecule is Cc1c(F)cc(C(C)(C)C)cc1/C=N\N(C=O)c1nccc(Cl)c1C=O. The summed E-state index contributed by atoms with van der Waals surface area (Å²) in [5.41, 5.74) is 1.53. The summed E-state index contributed by atoms with van der Waals surface area (Å²) in [5, 5.41) is 5.09. The molecule has 0 radical (unpaired) electrons. The quantitative estimate of drug-likeness (QED) is 0.445. The molecule has 1 heterocycles. The van der Waals surface area contributed by atoms with Gasteiger partial charge in [0.1, 0.15) is 5.82 Å². The maximum atomic E-state index is 14.3. The summed E-state index contributed by atoms with van der Waals surface area (Å²) in [6, 6.07) is 4.75. The molecule has 0 unspecified atom stereocenters. The first-order valence-corrected chi connectivity index (χ1v) is 8.25. The van der Waals surface area contributed by atoms with Crippen LogP contribution in [0.2, 0.25) is 5.02 Å². The molecule has 0 aliphatic carbocycles. The number of carbonyl (C=O) groups is 2. The fourth-order valence-corrected chi connectivity index (χ4v) is 2.44. The van der Waals surface area contributed by atoms with Gasteiger partial charge in [-0.15, -0.1) is 0 Å². The zero-order valence-electron chi connectivity index (χ0n) is 15.0. The van der Waals surface area contributed by atoms with Gasteiger partial charge in [-0.25, -0.2) is 9.37 Å². The molecule has 5 nitrogen and oxygen atoms in total. The maximum absolute atomic E-state index is 14.3. The molecule has 0 spiro atoms. The first kappa shape index (κ1) is 19.7. The maximum Gasteiger partial charge on any atom is 0.236 e. The van der Waals surface area contributed by atoms with Crippen LogP contribution in [-0.2, 0) is 10.2 Å². The number of aldehydes is 1. The minimum Gasteiger partial charge on any atom is -0.298 e. The number of hydrogen-bond donors (Lipinski definition) is 0. The number of hydrogen-bond acceptors (Lipinski definition) is 4. The van der Waals surface area contributed by atoms with Crippen LogP contribution in [0.4, 0.5) is 10.2 Å². The van der Waals surface area contributed by atoms with Gasteiger partial charge in [-0.1, -0.05) is 32.4 Å². The van der Waals surface area contributed by atoms with Crippen molar-refractivity contribution >= 4 is 36.3 Å². The Labute approximate surface area is 156 Å². The third-order valence-corrected chi connectivity index (χ3v) is 4.25. The number of anilines is 1. The molecule has 1 aromatic heterocycles. The Balaban J connectivity index is 2.48. The number of aromatic nitrogens is 1. The second kappa shape index (κ2) is 7.74. The lowest BCUT2D eigenvalue weighted by atomic mass is 9.85. The van der Waals surface area contributed by atoms with Crippen LogP contribution in [0.25, 0.3) is 0 Å². The minimum absolute atomic E-state index is 0.00357. The highest BCUT2D eigenvalue weighted by atomic mass is 35.5. The van der Waals surface area contributed by atoms with E-state index in [1.165, 1.54) is 24.5 Å². The monoisotopic (exact) mass is 375 g/mol. The van der Waals surface area contributed by atoms with Crippen molar-refractivity contribution in [3.05, 3.63) is 57.5 Å². The van der Waals surface area contributed by atoms with E-state index in [4.69, 9.17) is 11.6 Å². The molecule has 0 fully saturated rings. The molecule has 1 amide bonds. The molecule has 0 N–H and O–H groups in total.